The molecular formula is C24H30F3N5O3. The molecular weight excluding hydrogens is 463 g/mol. The van der Waals surface area contributed by atoms with E-state index in [2.05, 4.69) is 15.0 Å². The normalized spacial score (nSPS) is 20.7. The topological polar surface area (TPSA) is 82.8 Å². The Kier molecular flexibility index (Phi) is 7.44. The van der Waals surface area contributed by atoms with Crippen molar-refractivity contribution < 1.29 is 27.3 Å². The summed E-state index contributed by atoms with van der Waals surface area (Å²) >= 11 is 0. The van der Waals surface area contributed by atoms with Crippen LogP contribution in [0.3, 0.4) is 0 Å². The van der Waals surface area contributed by atoms with Crippen LogP contribution in [-0.4, -0.2) is 75.4 Å². The first-order valence-electron chi connectivity index (χ1n) is 12.0. The van der Waals surface area contributed by atoms with E-state index in [1.54, 1.807) is 4.90 Å². The Hall–Kier alpha value is -2.95. The Bertz CT molecular complexity index is 1050. The highest BCUT2D eigenvalue weighted by molar-refractivity contribution is 5.88. The molecule has 2 fully saturated rings. The Morgan fingerprint density at radius 2 is 1.89 bits per heavy atom. The van der Waals surface area contributed by atoms with Gasteiger partial charge in [-0.25, -0.2) is 0 Å². The molecule has 0 aliphatic carbocycles. The van der Waals surface area contributed by atoms with Crippen molar-refractivity contribution in [3.05, 3.63) is 35.7 Å². The average Bonchev–Trinajstić information content (AvgIpc) is 3.37. The zero-order chi connectivity index (χ0) is 25.2. The van der Waals surface area contributed by atoms with Crippen LogP contribution in [0.5, 0.6) is 0 Å². The standard InChI is InChI=1S/C24H30F3N5O3/c1-3-20(33)32-10-5-4-9-19(32)23(34)31-13-11-30(12-14-31)16(2)22-28-21(29-35-22)17-7-6-8-18(15-17)24(25,26)27/h6-8,15-16,19H,3-5,9-14H2,1-2H3. The molecule has 2 atom stereocenters. The number of hydrogen-bond donors (Lipinski definition) is 0. The summed E-state index contributed by atoms with van der Waals surface area (Å²) in [7, 11) is 0. The van der Waals surface area contributed by atoms with Crippen molar-refractivity contribution in [2.24, 2.45) is 0 Å². The van der Waals surface area contributed by atoms with Gasteiger partial charge in [-0.1, -0.05) is 24.2 Å². The number of hydrogen-bond acceptors (Lipinski definition) is 6. The SMILES string of the molecule is CCC(=O)N1CCCCC1C(=O)N1CCN(C(C)c2nc(-c3cccc(C(F)(F)F)c3)no2)CC1. The number of aromatic nitrogens is 2. The minimum absolute atomic E-state index is 0.00317. The number of nitrogens with zero attached hydrogens (tertiary/aromatic N) is 5. The van der Waals surface area contributed by atoms with E-state index in [1.165, 1.54) is 12.1 Å². The number of carbonyl (C=O) groups excluding carboxylic acids is 2. The largest absolute Gasteiger partial charge is 0.416 e. The summed E-state index contributed by atoms with van der Waals surface area (Å²) in [5.74, 6) is 0.431. The third-order valence-corrected chi connectivity index (χ3v) is 6.83. The average molecular weight is 494 g/mol. The number of halogens is 3. The lowest BCUT2D eigenvalue weighted by molar-refractivity contribution is -0.148. The van der Waals surface area contributed by atoms with E-state index in [-0.39, 0.29) is 35.3 Å². The molecule has 8 nitrogen and oxygen atoms in total. The lowest BCUT2D eigenvalue weighted by atomic mass is 10.00. The molecule has 2 aliphatic rings. The van der Waals surface area contributed by atoms with Crippen LogP contribution in [0.4, 0.5) is 13.2 Å². The van der Waals surface area contributed by atoms with Crippen molar-refractivity contribution >= 4 is 11.8 Å². The number of benzene rings is 1. The van der Waals surface area contributed by atoms with Crippen molar-refractivity contribution in [1.29, 1.82) is 0 Å². The van der Waals surface area contributed by atoms with E-state index in [4.69, 9.17) is 4.52 Å². The molecule has 1 aromatic heterocycles. The Morgan fingerprint density at radius 3 is 2.57 bits per heavy atom. The van der Waals surface area contributed by atoms with Crippen LogP contribution < -0.4 is 0 Å². The number of alkyl halides is 3. The Morgan fingerprint density at radius 1 is 1.14 bits per heavy atom. The molecule has 1 aromatic carbocycles. The first kappa shape index (κ1) is 25.2. The molecule has 0 radical (unpaired) electrons. The fourth-order valence-electron chi connectivity index (χ4n) is 4.74. The second-order valence-corrected chi connectivity index (χ2v) is 9.02. The molecule has 0 spiro atoms. The quantitative estimate of drug-likeness (QED) is 0.631. The van der Waals surface area contributed by atoms with E-state index in [9.17, 15) is 22.8 Å². The maximum atomic E-state index is 13.2. The van der Waals surface area contributed by atoms with E-state index < -0.39 is 11.7 Å². The Labute approximate surface area is 202 Å². The molecule has 11 heteroatoms. The summed E-state index contributed by atoms with van der Waals surface area (Å²) in [6.45, 7) is 6.54. The van der Waals surface area contributed by atoms with E-state index in [0.29, 0.717) is 51.5 Å². The maximum Gasteiger partial charge on any atom is 0.416 e. The lowest BCUT2D eigenvalue weighted by Crippen LogP contribution is -2.57. The summed E-state index contributed by atoms with van der Waals surface area (Å²) in [5, 5.41) is 3.88. The van der Waals surface area contributed by atoms with Gasteiger partial charge in [0.15, 0.2) is 0 Å². The van der Waals surface area contributed by atoms with Gasteiger partial charge in [-0.15, -0.1) is 0 Å². The molecule has 0 N–H and O–H groups in total. The third kappa shape index (κ3) is 5.50. The van der Waals surface area contributed by atoms with Crippen LogP contribution >= 0.6 is 0 Å². The van der Waals surface area contributed by atoms with Crippen LogP contribution in [0, 0.1) is 0 Å². The molecule has 3 heterocycles. The predicted octanol–water partition coefficient (Wildman–Crippen LogP) is 3.75. The molecule has 190 valence electrons. The van der Waals surface area contributed by atoms with Gasteiger partial charge in [0.25, 0.3) is 0 Å². The van der Waals surface area contributed by atoms with Crippen LogP contribution in [0.15, 0.2) is 28.8 Å². The fourth-order valence-corrected chi connectivity index (χ4v) is 4.74. The minimum atomic E-state index is -4.45. The van der Waals surface area contributed by atoms with Crippen LogP contribution in [0.1, 0.15) is 57.0 Å². The van der Waals surface area contributed by atoms with Crippen molar-refractivity contribution in [2.75, 3.05) is 32.7 Å². The maximum absolute atomic E-state index is 13.2. The molecule has 2 aromatic rings. The number of piperazine rings is 1. The molecule has 2 unspecified atom stereocenters. The van der Waals surface area contributed by atoms with E-state index in [1.807, 2.05) is 18.7 Å². The Balaban J connectivity index is 1.38. The number of carbonyl (C=O) groups is 2. The van der Waals surface area contributed by atoms with Gasteiger partial charge in [0.2, 0.25) is 23.5 Å². The molecule has 4 rings (SSSR count). The smallest absolute Gasteiger partial charge is 0.338 e. The molecule has 0 saturated carbocycles. The number of rotatable bonds is 5. The van der Waals surface area contributed by atoms with Gasteiger partial charge >= 0.3 is 6.18 Å². The van der Waals surface area contributed by atoms with Crippen LogP contribution in [0.25, 0.3) is 11.4 Å². The molecule has 2 amide bonds. The number of likely N-dealkylation sites (tertiary alicyclic amines) is 1. The number of piperidine rings is 1. The zero-order valence-corrected chi connectivity index (χ0v) is 19.9. The second-order valence-electron chi connectivity index (χ2n) is 9.02. The molecule has 0 bridgehead atoms. The van der Waals surface area contributed by atoms with Crippen molar-refractivity contribution in [3.63, 3.8) is 0 Å². The van der Waals surface area contributed by atoms with Gasteiger partial charge < -0.3 is 14.3 Å². The highest BCUT2D eigenvalue weighted by Gasteiger charge is 2.36. The van der Waals surface area contributed by atoms with Crippen LogP contribution in [0.2, 0.25) is 0 Å². The fraction of sp³-hybridized carbons (Fsp3) is 0.583. The van der Waals surface area contributed by atoms with Gasteiger partial charge in [-0.05, 0) is 38.3 Å². The monoisotopic (exact) mass is 493 g/mol. The van der Waals surface area contributed by atoms with Gasteiger partial charge in [0, 0.05) is 44.7 Å². The van der Waals surface area contributed by atoms with Crippen LogP contribution in [-0.2, 0) is 15.8 Å². The predicted molar refractivity (Wildman–Crippen MR) is 121 cm³/mol. The first-order chi connectivity index (χ1) is 16.7. The minimum Gasteiger partial charge on any atom is -0.338 e. The van der Waals surface area contributed by atoms with Gasteiger partial charge in [-0.3, -0.25) is 14.5 Å². The van der Waals surface area contributed by atoms with Crippen molar-refractivity contribution in [3.8, 4) is 11.4 Å². The molecule has 35 heavy (non-hydrogen) atoms. The summed E-state index contributed by atoms with van der Waals surface area (Å²) in [6, 6.07) is 4.19. The molecule has 2 saturated heterocycles. The second kappa shape index (κ2) is 10.3. The van der Waals surface area contributed by atoms with Crippen molar-refractivity contribution in [2.45, 2.75) is 57.8 Å². The van der Waals surface area contributed by atoms with Gasteiger partial charge in [0.1, 0.15) is 6.04 Å². The number of amides is 2. The summed E-state index contributed by atoms with van der Waals surface area (Å²) in [5.41, 5.74) is -0.538. The summed E-state index contributed by atoms with van der Waals surface area (Å²) in [4.78, 5) is 35.5. The van der Waals surface area contributed by atoms with Gasteiger partial charge in [-0.2, -0.15) is 18.2 Å². The third-order valence-electron chi connectivity index (χ3n) is 6.83. The summed E-state index contributed by atoms with van der Waals surface area (Å²) < 4.78 is 44.5. The highest BCUT2D eigenvalue weighted by atomic mass is 19.4. The van der Waals surface area contributed by atoms with Crippen molar-refractivity contribution in [1.82, 2.24) is 24.8 Å². The summed E-state index contributed by atoms with van der Waals surface area (Å²) in [6.07, 6.45) is -1.51. The first-order valence-corrected chi connectivity index (χ1v) is 12.0. The highest BCUT2D eigenvalue weighted by Crippen LogP contribution is 2.32. The lowest BCUT2D eigenvalue weighted by Gasteiger charge is -2.41. The molecule has 2 aliphatic heterocycles. The zero-order valence-electron chi connectivity index (χ0n) is 19.9. The van der Waals surface area contributed by atoms with Gasteiger partial charge in [0.05, 0.1) is 11.6 Å². The van der Waals surface area contributed by atoms with E-state index in [0.717, 1.165) is 25.0 Å². The van der Waals surface area contributed by atoms with E-state index >= 15 is 0 Å².